The van der Waals surface area contributed by atoms with Crippen molar-refractivity contribution in [2.75, 3.05) is 11.9 Å². The molecule has 38 heavy (non-hydrogen) atoms. The highest BCUT2D eigenvalue weighted by molar-refractivity contribution is 5.95. The predicted molar refractivity (Wildman–Crippen MR) is 163 cm³/mol. The fourth-order valence-electron chi connectivity index (χ4n) is 6.14. The Morgan fingerprint density at radius 1 is 0.605 bits per heavy atom. The van der Waals surface area contributed by atoms with Gasteiger partial charge in [-0.1, -0.05) is 127 Å². The maximum absolute atomic E-state index is 3.64. The van der Waals surface area contributed by atoms with Crippen molar-refractivity contribution >= 4 is 11.8 Å². The van der Waals surface area contributed by atoms with E-state index in [1.165, 1.54) is 50.1 Å². The van der Waals surface area contributed by atoms with E-state index >= 15 is 0 Å². The molecule has 0 fully saturated rings. The lowest BCUT2D eigenvalue weighted by Gasteiger charge is -2.30. The van der Waals surface area contributed by atoms with E-state index < -0.39 is 0 Å². The number of benzene rings is 5. The summed E-state index contributed by atoms with van der Waals surface area (Å²) in [5, 5.41) is 3.64. The summed E-state index contributed by atoms with van der Waals surface area (Å²) in [5.74, 6) is 0. The molecular weight excluding hydrogens is 458 g/mol. The van der Waals surface area contributed by atoms with Crippen LogP contribution in [0.5, 0.6) is 0 Å². The van der Waals surface area contributed by atoms with Crippen LogP contribution in [0.4, 0.5) is 5.69 Å². The molecule has 0 bridgehead atoms. The number of anilines is 1. The van der Waals surface area contributed by atoms with Gasteiger partial charge in [0.25, 0.3) is 0 Å². The normalized spacial score (nSPS) is 13.2. The molecule has 0 atom stereocenters. The average molecular weight is 490 g/mol. The third-order valence-electron chi connectivity index (χ3n) is 7.53. The molecular formula is C37H31N. The second-order valence-electron chi connectivity index (χ2n) is 9.75. The molecule has 0 radical (unpaired) electrons. The Morgan fingerprint density at radius 2 is 1.08 bits per heavy atom. The molecule has 0 aromatic heterocycles. The zero-order valence-electron chi connectivity index (χ0n) is 21.7. The molecule has 0 heterocycles. The standard InChI is InChI=1S/C34H25N.C3H6/c1-2-11-24(12-3-1)13-10-22-35-25-20-21-29-28-16-6-9-19-32(28)34(33(29)23-25)30-17-7-4-14-26(30)27-15-5-8-18-31(27)34;1-3-2/h1-21,23,35H,22H2;3H,1H2,2H3/b13-10-;. The van der Waals surface area contributed by atoms with Gasteiger partial charge in [-0.2, -0.15) is 0 Å². The molecule has 7 rings (SSSR count). The predicted octanol–water partition coefficient (Wildman–Crippen LogP) is 9.35. The van der Waals surface area contributed by atoms with Crippen LogP contribution in [-0.4, -0.2) is 6.54 Å². The Bertz CT molecular complexity index is 1580. The van der Waals surface area contributed by atoms with Crippen LogP contribution in [0, 0.1) is 0 Å². The minimum atomic E-state index is -0.281. The number of allylic oxidation sites excluding steroid dienone is 1. The van der Waals surface area contributed by atoms with Crippen molar-refractivity contribution < 1.29 is 0 Å². The molecule has 0 aliphatic heterocycles. The number of fused-ring (bicyclic) bond motifs is 10. The Kier molecular flexibility index (Phi) is 6.27. The highest BCUT2D eigenvalue weighted by atomic mass is 14.9. The molecule has 1 spiro atoms. The summed E-state index contributed by atoms with van der Waals surface area (Å²) in [5.41, 5.74) is 13.0. The molecule has 1 nitrogen and oxygen atoms in total. The summed E-state index contributed by atoms with van der Waals surface area (Å²) in [6.07, 6.45) is 6.11. The first-order valence-corrected chi connectivity index (χ1v) is 13.3. The third-order valence-corrected chi connectivity index (χ3v) is 7.53. The first kappa shape index (κ1) is 23.8. The van der Waals surface area contributed by atoms with Gasteiger partial charge in [0.2, 0.25) is 0 Å². The maximum atomic E-state index is 3.64. The number of hydrogen-bond acceptors (Lipinski definition) is 1. The highest BCUT2D eigenvalue weighted by Gasteiger charge is 2.51. The monoisotopic (exact) mass is 489 g/mol. The van der Waals surface area contributed by atoms with Gasteiger partial charge in [-0.15, -0.1) is 6.58 Å². The topological polar surface area (TPSA) is 12.0 Å². The molecule has 1 heteroatoms. The SMILES string of the molecule is C(=C/c1ccccc1)/CNc1ccc2c(c1)C1(c3ccccc3-c3ccccc31)c1ccccc1-2.C=CC. The summed E-state index contributed by atoms with van der Waals surface area (Å²) in [6, 6.07) is 44.2. The van der Waals surface area contributed by atoms with E-state index in [2.05, 4.69) is 139 Å². The van der Waals surface area contributed by atoms with Gasteiger partial charge in [0, 0.05) is 12.2 Å². The van der Waals surface area contributed by atoms with Gasteiger partial charge in [-0.3, -0.25) is 0 Å². The molecule has 0 amide bonds. The lowest BCUT2D eigenvalue weighted by molar-refractivity contribution is 0.794. The van der Waals surface area contributed by atoms with Crippen LogP contribution < -0.4 is 5.32 Å². The Morgan fingerprint density at radius 3 is 1.63 bits per heavy atom. The molecule has 2 aliphatic carbocycles. The molecule has 2 aliphatic rings. The highest BCUT2D eigenvalue weighted by Crippen LogP contribution is 2.62. The smallest absolute Gasteiger partial charge is 0.0726 e. The van der Waals surface area contributed by atoms with Gasteiger partial charge < -0.3 is 5.32 Å². The van der Waals surface area contributed by atoms with Gasteiger partial charge in [0.15, 0.2) is 0 Å². The molecule has 0 saturated carbocycles. The molecule has 5 aromatic rings. The summed E-state index contributed by atoms with van der Waals surface area (Å²) < 4.78 is 0. The first-order chi connectivity index (χ1) is 18.8. The minimum Gasteiger partial charge on any atom is -0.382 e. The van der Waals surface area contributed by atoms with Gasteiger partial charge in [0.05, 0.1) is 5.41 Å². The van der Waals surface area contributed by atoms with E-state index in [1.54, 1.807) is 6.08 Å². The molecule has 1 N–H and O–H groups in total. The molecule has 0 unspecified atom stereocenters. The number of hydrogen-bond donors (Lipinski definition) is 1. The van der Waals surface area contributed by atoms with Gasteiger partial charge in [0.1, 0.15) is 0 Å². The van der Waals surface area contributed by atoms with Crippen LogP contribution in [-0.2, 0) is 5.41 Å². The van der Waals surface area contributed by atoms with Crippen LogP contribution in [0.3, 0.4) is 0 Å². The van der Waals surface area contributed by atoms with E-state index in [0.717, 1.165) is 12.2 Å². The second-order valence-corrected chi connectivity index (χ2v) is 9.75. The van der Waals surface area contributed by atoms with Crippen LogP contribution in [0.15, 0.2) is 140 Å². The number of rotatable bonds is 4. The lowest BCUT2D eigenvalue weighted by atomic mass is 9.70. The van der Waals surface area contributed by atoms with E-state index in [1.807, 2.05) is 13.0 Å². The third kappa shape index (κ3) is 3.71. The Labute approximate surface area is 225 Å². The molecule has 0 saturated heterocycles. The second kappa shape index (κ2) is 10.0. The van der Waals surface area contributed by atoms with Gasteiger partial charge in [-0.25, -0.2) is 0 Å². The van der Waals surface area contributed by atoms with Crippen molar-refractivity contribution in [1.82, 2.24) is 0 Å². The van der Waals surface area contributed by atoms with Gasteiger partial charge >= 0.3 is 0 Å². The van der Waals surface area contributed by atoms with Crippen LogP contribution >= 0.6 is 0 Å². The van der Waals surface area contributed by atoms with Crippen LogP contribution in [0.2, 0.25) is 0 Å². The zero-order valence-corrected chi connectivity index (χ0v) is 21.7. The first-order valence-electron chi connectivity index (χ1n) is 13.3. The summed E-state index contributed by atoms with van der Waals surface area (Å²) in [6.45, 7) is 6.03. The molecule has 5 aromatic carbocycles. The fourth-order valence-corrected chi connectivity index (χ4v) is 6.14. The van der Waals surface area contributed by atoms with E-state index in [4.69, 9.17) is 0 Å². The summed E-state index contributed by atoms with van der Waals surface area (Å²) in [7, 11) is 0. The van der Waals surface area contributed by atoms with Crippen molar-refractivity contribution in [3.8, 4) is 22.3 Å². The van der Waals surface area contributed by atoms with Crippen molar-refractivity contribution in [1.29, 1.82) is 0 Å². The van der Waals surface area contributed by atoms with Gasteiger partial charge in [-0.05, 0) is 69.1 Å². The van der Waals surface area contributed by atoms with E-state index in [0.29, 0.717) is 0 Å². The van der Waals surface area contributed by atoms with Crippen molar-refractivity contribution in [3.05, 3.63) is 168 Å². The van der Waals surface area contributed by atoms with Crippen LogP contribution in [0.1, 0.15) is 34.7 Å². The molecule has 184 valence electrons. The Balaban J connectivity index is 0.000000843. The van der Waals surface area contributed by atoms with E-state index in [-0.39, 0.29) is 5.41 Å². The number of nitrogens with one attached hydrogen (secondary N) is 1. The summed E-state index contributed by atoms with van der Waals surface area (Å²) >= 11 is 0. The largest absolute Gasteiger partial charge is 0.382 e. The van der Waals surface area contributed by atoms with Crippen molar-refractivity contribution in [3.63, 3.8) is 0 Å². The zero-order chi connectivity index (χ0) is 26.0. The van der Waals surface area contributed by atoms with Crippen molar-refractivity contribution in [2.24, 2.45) is 0 Å². The quantitative estimate of drug-likeness (QED) is 0.243. The maximum Gasteiger partial charge on any atom is 0.0726 e. The average Bonchev–Trinajstić information content (AvgIpc) is 3.44. The van der Waals surface area contributed by atoms with Crippen molar-refractivity contribution in [2.45, 2.75) is 12.3 Å². The van der Waals surface area contributed by atoms with Crippen LogP contribution in [0.25, 0.3) is 28.3 Å². The minimum absolute atomic E-state index is 0.281. The Hall–Kier alpha value is -4.62. The van der Waals surface area contributed by atoms with E-state index in [9.17, 15) is 0 Å². The fraction of sp³-hybridized carbons (Fsp3) is 0.0811. The summed E-state index contributed by atoms with van der Waals surface area (Å²) in [4.78, 5) is 0. The lowest BCUT2D eigenvalue weighted by Crippen LogP contribution is -2.25.